The lowest BCUT2D eigenvalue weighted by atomic mass is 9.81. The molecule has 0 spiro atoms. The lowest BCUT2D eigenvalue weighted by Crippen LogP contribution is -2.42. The van der Waals surface area contributed by atoms with Crippen LogP contribution in [0.5, 0.6) is 0 Å². The Labute approximate surface area is 83.1 Å². The molecule has 2 N–H and O–H groups in total. The molecule has 0 aromatic rings. The molecule has 1 nitrogen and oxygen atoms in total. The van der Waals surface area contributed by atoms with Gasteiger partial charge in [0.05, 0.1) is 0 Å². The number of unbranched alkanes of at least 4 members (excludes halogenated alkanes) is 2. The van der Waals surface area contributed by atoms with E-state index in [1.807, 2.05) is 0 Å². The first kappa shape index (κ1) is 11.0. The molecule has 1 fully saturated rings. The van der Waals surface area contributed by atoms with Crippen LogP contribution in [0.25, 0.3) is 0 Å². The molecular formula is C12H25N. The fraction of sp³-hybridized carbons (Fsp3) is 1.00. The highest BCUT2D eigenvalue weighted by Gasteiger charge is 2.31. The largest absolute Gasteiger partial charge is 0.325 e. The van der Waals surface area contributed by atoms with Crippen molar-refractivity contribution in [2.75, 3.05) is 0 Å². The van der Waals surface area contributed by atoms with Crippen molar-refractivity contribution in [3.05, 3.63) is 0 Å². The summed E-state index contributed by atoms with van der Waals surface area (Å²) >= 11 is 0. The standard InChI is InChI=1S/C12H25N/c1-3-4-7-10-12(2,13)11-8-5-6-9-11/h11H,3-10,13H2,1-2H3. The minimum absolute atomic E-state index is 0.131. The molecule has 1 aliphatic rings. The molecule has 0 aromatic carbocycles. The summed E-state index contributed by atoms with van der Waals surface area (Å²) in [6.45, 7) is 4.52. The van der Waals surface area contributed by atoms with Gasteiger partial charge in [0, 0.05) is 5.54 Å². The van der Waals surface area contributed by atoms with Crippen molar-refractivity contribution in [2.45, 2.75) is 70.8 Å². The first-order valence-electron chi connectivity index (χ1n) is 5.95. The van der Waals surface area contributed by atoms with Crippen LogP contribution < -0.4 is 5.73 Å². The van der Waals surface area contributed by atoms with E-state index in [0.717, 1.165) is 5.92 Å². The van der Waals surface area contributed by atoms with Crippen LogP contribution in [-0.4, -0.2) is 5.54 Å². The van der Waals surface area contributed by atoms with Crippen LogP contribution in [-0.2, 0) is 0 Å². The molecule has 1 rings (SSSR count). The average molecular weight is 183 g/mol. The second kappa shape index (κ2) is 4.99. The third kappa shape index (κ3) is 3.30. The Morgan fingerprint density at radius 1 is 1.23 bits per heavy atom. The van der Waals surface area contributed by atoms with Crippen molar-refractivity contribution in [3.63, 3.8) is 0 Å². The molecule has 0 heterocycles. The van der Waals surface area contributed by atoms with E-state index in [-0.39, 0.29) is 5.54 Å². The van der Waals surface area contributed by atoms with Crippen LogP contribution in [0.4, 0.5) is 0 Å². The van der Waals surface area contributed by atoms with Crippen molar-refractivity contribution in [3.8, 4) is 0 Å². The van der Waals surface area contributed by atoms with E-state index in [9.17, 15) is 0 Å². The van der Waals surface area contributed by atoms with E-state index in [1.54, 1.807) is 0 Å². The first-order valence-corrected chi connectivity index (χ1v) is 5.95. The maximum absolute atomic E-state index is 6.36. The molecule has 1 aliphatic carbocycles. The number of hydrogen-bond donors (Lipinski definition) is 1. The van der Waals surface area contributed by atoms with Gasteiger partial charge in [0.25, 0.3) is 0 Å². The van der Waals surface area contributed by atoms with Crippen LogP contribution in [0.3, 0.4) is 0 Å². The molecule has 0 saturated heterocycles. The maximum atomic E-state index is 6.36. The summed E-state index contributed by atoms with van der Waals surface area (Å²) in [5.74, 6) is 0.810. The molecule has 1 atom stereocenters. The molecule has 0 aliphatic heterocycles. The van der Waals surface area contributed by atoms with Gasteiger partial charge >= 0.3 is 0 Å². The van der Waals surface area contributed by atoms with E-state index in [1.165, 1.54) is 51.4 Å². The third-order valence-electron chi connectivity index (χ3n) is 3.61. The second-order valence-corrected chi connectivity index (χ2v) is 4.94. The van der Waals surface area contributed by atoms with Gasteiger partial charge < -0.3 is 5.73 Å². The van der Waals surface area contributed by atoms with Gasteiger partial charge in [-0.2, -0.15) is 0 Å². The second-order valence-electron chi connectivity index (χ2n) is 4.94. The zero-order valence-corrected chi connectivity index (χ0v) is 9.31. The lowest BCUT2D eigenvalue weighted by molar-refractivity contribution is 0.273. The molecule has 1 unspecified atom stereocenters. The summed E-state index contributed by atoms with van der Waals surface area (Å²) in [4.78, 5) is 0. The summed E-state index contributed by atoms with van der Waals surface area (Å²) in [6.07, 6.45) is 10.8. The Morgan fingerprint density at radius 2 is 1.85 bits per heavy atom. The molecule has 0 amide bonds. The number of nitrogens with two attached hydrogens (primary N) is 1. The van der Waals surface area contributed by atoms with Crippen LogP contribution >= 0.6 is 0 Å². The van der Waals surface area contributed by atoms with Gasteiger partial charge in [-0.05, 0) is 32.1 Å². The molecule has 0 radical (unpaired) electrons. The smallest absolute Gasteiger partial charge is 0.0154 e. The summed E-state index contributed by atoms with van der Waals surface area (Å²) in [5.41, 5.74) is 6.49. The zero-order valence-electron chi connectivity index (χ0n) is 9.31. The highest BCUT2D eigenvalue weighted by molar-refractivity contribution is 4.89. The summed E-state index contributed by atoms with van der Waals surface area (Å²) in [6, 6.07) is 0. The van der Waals surface area contributed by atoms with Gasteiger partial charge in [0.15, 0.2) is 0 Å². The van der Waals surface area contributed by atoms with Crippen molar-refractivity contribution in [1.29, 1.82) is 0 Å². The highest BCUT2D eigenvalue weighted by atomic mass is 14.7. The number of rotatable bonds is 5. The lowest BCUT2D eigenvalue weighted by Gasteiger charge is -2.31. The van der Waals surface area contributed by atoms with Gasteiger partial charge in [0.2, 0.25) is 0 Å². The van der Waals surface area contributed by atoms with Crippen LogP contribution in [0.2, 0.25) is 0 Å². The minimum atomic E-state index is 0.131. The average Bonchev–Trinajstić information content (AvgIpc) is 2.56. The Hall–Kier alpha value is -0.0400. The van der Waals surface area contributed by atoms with Gasteiger partial charge in [-0.3, -0.25) is 0 Å². The Balaban J connectivity index is 2.26. The normalized spacial score (nSPS) is 23.3. The molecule has 0 aromatic heterocycles. The van der Waals surface area contributed by atoms with Gasteiger partial charge in [0.1, 0.15) is 0 Å². The van der Waals surface area contributed by atoms with E-state index in [4.69, 9.17) is 5.73 Å². The molecule has 1 heteroatoms. The molecule has 0 bridgehead atoms. The predicted octanol–water partition coefficient (Wildman–Crippen LogP) is 3.47. The molecule has 13 heavy (non-hydrogen) atoms. The quantitative estimate of drug-likeness (QED) is 0.649. The van der Waals surface area contributed by atoms with Crippen molar-refractivity contribution in [1.82, 2.24) is 0 Å². The molecular weight excluding hydrogens is 158 g/mol. The van der Waals surface area contributed by atoms with E-state index < -0.39 is 0 Å². The number of hydrogen-bond acceptors (Lipinski definition) is 1. The fourth-order valence-electron chi connectivity index (χ4n) is 2.55. The summed E-state index contributed by atoms with van der Waals surface area (Å²) in [5, 5.41) is 0. The Morgan fingerprint density at radius 3 is 2.38 bits per heavy atom. The van der Waals surface area contributed by atoms with E-state index >= 15 is 0 Å². The minimum Gasteiger partial charge on any atom is -0.325 e. The van der Waals surface area contributed by atoms with Crippen LogP contribution in [0.1, 0.15) is 65.2 Å². The fourth-order valence-corrected chi connectivity index (χ4v) is 2.55. The predicted molar refractivity (Wildman–Crippen MR) is 58.7 cm³/mol. The van der Waals surface area contributed by atoms with Crippen LogP contribution in [0, 0.1) is 5.92 Å². The van der Waals surface area contributed by atoms with Crippen molar-refractivity contribution < 1.29 is 0 Å². The Kier molecular flexibility index (Phi) is 4.24. The Bertz CT molecular complexity index is 134. The van der Waals surface area contributed by atoms with Gasteiger partial charge in [-0.25, -0.2) is 0 Å². The maximum Gasteiger partial charge on any atom is 0.0154 e. The van der Waals surface area contributed by atoms with Gasteiger partial charge in [-0.15, -0.1) is 0 Å². The topological polar surface area (TPSA) is 26.0 Å². The van der Waals surface area contributed by atoms with Gasteiger partial charge in [-0.1, -0.05) is 39.0 Å². The first-order chi connectivity index (χ1) is 6.17. The monoisotopic (exact) mass is 183 g/mol. The highest BCUT2D eigenvalue weighted by Crippen LogP contribution is 2.35. The van der Waals surface area contributed by atoms with E-state index in [0.29, 0.717) is 0 Å². The molecule has 1 saturated carbocycles. The van der Waals surface area contributed by atoms with Crippen LogP contribution in [0.15, 0.2) is 0 Å². The third-order valence-corrected chi connectivity index (χ3v) is 3.61. The molecule has 78 valence electrons. The summed E-state index contributed by atoms with van der Waals surface area (Å²) in [7, 11) is 0. The van der Waals surface area contributed by atoms with E-state index in [2.05, 4.69) is 13.8 Å². The van der Waals surface area contributed by atoms with Crippen molar-refractivity contribution >= 4 is 0 Å². The summed E-state index contributed by atoms with van der Waals surface area (Å²) < 4.78 is 0. The van der Waals surface area contributed by atoms with Crippen molar-refractivity contribution in [2.24, 2.45) is 11.7 Å². The zero-order chi connectivity index (χ0) is 9.73. The SMILES string of the molecule is CCCCCC(C)(N)C1CCCC1.